The molecule has 0 atom stereocenters. The van der Waals surface area contributed by atoms with Crippen LogP contribution in [-0.4, -0.2) is 6.61 Å². The van der Waals surface area contributed by atoms with Crippen LogP contribution in [0, 0.1) is 17.2 Å². The van der Waals surface area contributed by atoms with Gasteiger partial charge in [0.25, 0.3) is 0 Å². The first kappa shape index (κ1) is 12.4. The number of nitriles is 1. The fourth-order valence-electron chi connectivity index (χ4n) is 1.42. The van der Waals surface area contributed by atoms with Crippen LogP contribution < -0.4 is 10.5 Å². The Balaban J connectivity index is 2.46. The Morgan fingerprint density at radius 2 is 2.19 bits per heavy atom. The first-order valence-electron chi connectivity index (χ1n) is 5.56. The normalized spacial score (nSPS) is 10.1. The lowest BCUT2D eigenvalue weighted by atomic mass is 10.1. The molecule has 1 aromatic rings. The van der Waals surface area contributed by atoms with E-state index in [0.29, 0.717) is 29.5 Å². The molecule has 0 saturated heterocycles. The van der Waals surface area contributed by atoms with Gasteiger partial charge in [0.2, 0.25) is 0 Å². The van der Waals surface area contributed by atoms with E-state index < -0.39 is 0 Å². The maximum absolute atomic E-state index is 8.68. The quantitative estimate of drug-likeness (QED) is 0.610. The Morgan fingerprint density at radius 1 is 1.44 bits per heavy atom. The van der Waals surface area contributed by atoms with E-state index in [1.54, 1.807) is 18.2 Å². The number of nitrogen functional groups attached to an aromatic ring is 1. The maximum atomic E-state index is 8.68. The third-order valence-electron chi connectivity index (χ3n) is 2.32. The Kier molecular flexibility index (Phi) is 4.65. The molecule has 0 heterocycles. The molecule has 2 N–H and O–H groups in total. The molecule has 1 aromatic carbocycles. The van der Waals surface area contributed by atoms with Crippen molar-refractivity contribution >= 4 is 5.69 Å². The third kappa shape index (κ3) is 3.82. The van der Waals surface area contributed by atoms with Gasteiger partial charge in [-0.1, -0.05) is 13.8 Å². The first-order valence-corrected chi connectivity index (χ1v) is 5.56. The van der Waals surface area contributed by atoms with Gasteiger partial charge in [-0.15, -0.1) is 0 Å². The monoisotopic (exact) mass is 218 g/mol. The van der Waals surface area contributed by atoms with Crippen molar-refractivity contribution in [3.63, 3.8) is 0 Å². The van der Waals surface area contributed by atoms with Crippen LogP contribution in [0.2, 0.25) is 0 Å². The molecule has 0 aliphatic heterocycles. The largest absolute Gasteiger partial charge is 0.491 e. The zero-order valence-corrected chi connectivity index (χ0v) is 9.86. The summed E-state index contributed by atoms with van der Waals surface area (Å²) in [7, 11) is 0. The summed E-state index contributed by atoms with van der Waals surface area (Å²) in [5.74, 6) is 1.37. The molecule has 3 heteroatoms. The second-order valence-corrected chi connectivity index (χ2v) is 4.25. The van der Waals surface area contributed by atoms with Crippen molar-refractivity contribution in [1.29, 1.82) is 5.26 Å². The highest BCUT2D eigenvalue weighted by atomic mass is 16.5. The molecule has 0 radical (unpaired) electrons. The summed E-state index contributed by atoms with van der Waals surface area (Å²) in [4.78, 5) is 0. The Hall–Kier alpha value is -1.69. The molecule has 0 spiro atoms. The molecule has 0 bridgehead atoms. The standard InChI is InChI=1S/C13H18N2O/c1-10(2)4-3-7-16-13-6-5-11(9-14)8-12(13)15/h5-6,8,10H,3-4,7,15H2,1-2H3. The van der Waals surface area contributed by atoms with Crippen molar-refractivity contribution in [2.24, 2.45) is 5.92 Å². The van der Waals surface area contributed by atoms with E-state index in [2.05, 4.69) is 13.8 Å². The van der Waals surface area contributed by atoms with E-state index in [4.69, 9.17) is 15.7 Å². The van der Waals surface area contributed by atoms with Gasteiger partial charge in [-0.2, -0.15) is 5.26 Å². The molecule has 86 valence electrons. The van der Waals surface area contributed by atoms with Crippen LogP contribution in [0.4, 0.5) is 5.69 Å². The van der Waals surface area contributed by atoms with Crippen molar-refractivity contribution in [3.8, 4) is 11.8 Å². The smallest absolute Gasteiger partial charge is 0.142 e. The van der Waals surface area contributed by atoms with Crippen LogP contribution in [0.25, 0.3) is 0 Å². The minimum absolute atomic E-state index is 0.531. The van der Waals surface area contributed by atoms with Gasteiger partial charge in [0, 0.05) is 0 Å². The molecule has 0 fully saturated rings. The number of ether oxygens (including phenoxy) is 1. The lowest BCUT2D eigenvalue weighted by Crippen LogP contribution is -2.02. The predicted octanol–water partition coefficient (Wildman–Crippen LogP) is 2.96. The van der Waals surface area contributed by atoms with Gasteiger partial charge in [0.1, 0.15) is 5.75 Å². The number of anilines is 1. The summed E-state index contributed by atoms with van der Waals surface area (Å²) in [6.07, 6.45) is 2.17. The molecule has 1 rings (SSSR count). The molecule has 0 aliphatic carbocycles. The summed E-state index contributed by atoms with van der Waals surface area (Å²) < 4.78 is 5.55. The summed E-state index contributed by atoms with van der Waals surface area (Å²) >= 11 is 0. The minimum atomic E-state index is 0.531. The summed E-state index contributed by atoms with van der Waals surface area (Å²) in [6, 6.07) is 7.15. The molecular formula is C13H18N2O. The van der Waals surface area contributed by atoms with Crippen LogP contribution in [0.3, 0.4) is 0 Å². The van der Waals surface area contributed by atoms with E-state index in [-0.39, 0.29) is 0 Å². The summed E-state index contributed by atoms with van der Waals surface area (Å²) in [6.45, 7) is 5.06. The van der Waals surface area contributed by atoms with Gasteiger partial charge in [-0.05, 0) is 37.0 Å². The number of hydrogen-bond donors (Lipinski definition) is 1. The highest BCUT2D eigenvalue weighted by molar-refractivity contribution is 5.56. The fraction of sp³-hybridized carbons (Fsp3) is 0.462. The van der Waals surface area contributed by atoms with Crippen molar-refractivity contribution < 1.29 is 4.74 Å². The zero-order valence-electron chi connectivity index (χ0n) is 9.86. The molecule has 0 saturated carbocycles. The predicted molar refractivity (Wildman–Crippen MR) is 65.1 cm³/mol. The van der Waals surface area contributed by atoms with E-state index in [1.807, 2.05) is 6.07 Å². The zero-order chi connectivity index (χ0) is 12.0. The third-order valence-corrected chi connectivity index (χ3v) is 2.32. The molecule has 0 aromatic heterocycles. The van der Waals surface area contributed by atoms with Crippen LogP contribution >= 0.6 is 0 Å². The van der Waals surface area contributed by atoms with Crippen LogP contribution in [0.15, 0.2) is 18.2 Å². The van der Waals surface area contributed by atoms with E-state index in [1.165, 1.54) is 0 Å². The molecule has 0 aliphatic rings. The molecule has 16 heavy (non-hydrogen) atoms. The highest BCUT2D eigenvalue weighted by Gasteiger charge is 2.02. The summed E-state index contributed by atoms with van der Waals surface area (Å²) in [5, 5.41) is 8.68. The lowest BCUT2D eigenvalue weighted by Gasteiger charge is -2.09. The minimum Gasteiger partial charge on any atom is -0.491 e. The van der Waals surface area contributed by atoms with E-state index >= 15 is 0 Å². The van der Waals surface area contributed by atoms with Crippen LogP contribution in [-0.2, 0) is 0 Å². The molecule has 0 unspecified atom stereocenters. The van der Waals surface area contributed by atoms with Gasteiger partial charge in [0.15, 0.2) is 0 Å². The second kappa shape index (κ2) is 6.02. The topological polar surface area (TPSA) is 59.0 Å². The Bertz CT molecular complexity index is 380. The summed E-state index contributed by atoms with van der Waals surface area (Å²) in [5.41, 5.74) is 6.86. The second-order valence-electron chi connectivity index (χ2n) is 4.25. The average Bonchev–Trinajstić information content (AvgIpc) is 2.25. The Labute approximate surface area is 96.8 Å². The number of rotatable bonds is 5. The number of nitrogens with two attached hydrogens (primary N) is 1. The van der Waals surface area contributed by atoms with Gasteiger partial charge in [-0.25, -0.2) is 0 Å². The van der Waals surface area contributed by atoms with Crippen molar-refractivity contribution in [2.45, 2.75) is 26.7 Å². The molecule has 0 amide bonds. The van der Waals surface area contributed by atoms with Crippen molar-refractivity contribution in [3.05, 3.63) is 23.8 Å². The maximum Gasteiger partial charge on any atom is 0.142 e. The Morgan fingerprint density at radius 3 is 2.75 bits per heavy atom. The van der Waals surface area contributed by atoms with Gasteiger partial charge in [0.05, 0.1) is 23.9 Å². The SMILES string of the molecule is CC(C)CCCOc1ccc(C#N)cc1N. The number of benzene rings is 1. The van der Waals surface area contributed by atoms with Gasteiger partial charge >= 0.3 is 0 Å². The van der Waals surface area contributed by atoms with Gasteiger partial charge < -0.3 is 10.5 Å². The molecular weight excluding hydrogens is 200 g/mol. The number of nitrogens with zero attached hydrogens (tertiary/aromatic N) is 1. The average molecular weight is 218 g/mol. The fourth-order valence-corrected chi connectivity index (χ4v) is 1.42. The van der Waals surface area contributed by atoms with Crippen molar-refractivity contribution in [2.75, 3.05) is 12.3 Å². The van der Waals surface area contributed by atoms with E-state index in [9.17, 15) is 0 Å². The van der Waals surface area contributed by atoms with Crippen LogP contribution in [0.1, 0.15) is 32.3 Å². The first-order chi connectivity index (χ1) is 7.63. The lowest BCUT2D eigenvalue weighted by molar-refractivity contribution is 0.299. The highest BCUT2D eigenvalue weighted by Crippen LogP contribution is 2.22. The van der Waals surface area contributed by atoms with Gasteiger partial charge in [-0.3, -0.25) is 0 Å². The van der Waals surface area contributed by atoms with Crippen LogP contribution in [0.5, 0.6) is 5.75 Å². The number of hydrogen-bond acceptors (Lipinski definition) is 3. The van der Waals surface area contributed by atoms with E-state index in [0.717, 1.165) is 12.8 Å². The molecule has 3 nitrogen and oxygen atoms in total. The van der Waals surface area contributed by atoms with Crippen molar-refractivity contribution in [1.82, 2.24) is 0 Å².